The molecule has 1 nitrogen and oxygen atoms in total. The second-order valence-electron chi connectivity index (χ2n) is 5.65. The summed E-state index contributed by atoms with van der Waals surface area (Å²) >= 11 is 0. The van der Waals surface area contributed by atoms with Gasteiger partial charge in [0, 0.05) is 11.6 Å². The Morgan fingerprint density at radius 1 is 0.929 bits per heavy atom. The molecule has 14 heavy (non-hydrogen) atoms. The summed E-state index contributed by atoms with van der Waals surface area (Å²) in [5.74, 6) is 0.745. The Morgan fingerprint density at radius 3 is 1.86 bits per heavy atom. The van der Waals surface area contributed by atoms with E-state index in [1.165, 1.54) is 38.5 Å². The Hall–Kier alpha value is -0.0400. The van der Waals surface area contributed by atoms with Gasteiger partial charge in [-0.1, -0.05) is 39.5 Å². The Morgan fingerprint density at radius 2 is 1.43 bits per heavy atom. The first kappa shape index (κ1) is 12.0. The second-order valence-corrected chi connectivity index (χ2v) is 5.65. The monoisotopic (exact) mass is 197 g/mol. The summed E-state index contributed by atoms with van der Waals surface area (Å²) in [6.07, 6.45) is 8.43. The van der Waals surface area contributed by atoms with Crippen molar-refractivity contribution >= 4 is 0 Å². The summed E-state index contributed by atoms with van der Waals surface area (Å²) in [5.41, 5.74) is 0.417. The van der Waals surface area contributed by atoms with E-state index in [2.05, 4.69) is 33.0 Å². The number of rotatable bonds is 3. The van der Waals surface area contributed by atoms with Gasteiger partial charge in [0.05, 0.1) is 0 Å². The summed E-state index contributed by atoms with van der Waals surface area (Å²) in [7, 11) is 0. The Balaban J connectivity index is 2.46. The molecule has 0 heterocycles. The minimum Gasteiger partial charge on any atom is -0.309 e. The minimum atomic E-state index is 0.417. The van der Waals surface area contributed by atoms with E-state index in [1.54, 1.807) is 0 Å². The van der Waals surface area contributed by atoms with Crippen LogP contribution in [0.1, 0.15) is 66.2 Å². The van der Waals surface area contributed by atoms with Crippen molar-refractivity contribution in [1.82, 2.24) is 5.32 Å². The van der Waals surface area contributed by atoms with Crippen LogP contribution in [0, 0.1) is 5.92 Å². The van der Waals surface area contributed by atoms with Gasteiger partial charge in [-0.05, 0) is 32.6 Å². The molecule has 1 rings (SSSR count). The van der Waals surface area contributed by atoms with Gasteiger partial charge in [-0.3, -0.25) is 0 Å². The van der Waals surface area contributed by atoms with E-state index in [4.69, 9.17) is 0 Å². The lowest BCUT2D eigenvalue weighted by Gasteiger charge is -2.34. The normalized spacial score (nSPS) is 24.6. The van der Waals surface area contributed by atoms with Gasteiger partial charge < -0.3 is 5.32 Å². The summed E-state index contributed by atoms with van der Waals surface area (Å²) in [6.45, 7) is 9.34. The van der Waals surface area contributed by atoms with Crippen LogP contribution in [0.25, 0.3) is 0 Å². The van der Waals surface area contributed by atoms with E-state index in [-0.39, 0.29) is 0 Å². The first-order chi connectivity index (χ1) is 6.53. The van der Waals surface area contributed by atoms with E-state index >= 15 is 0 Å². The lowest BCUT2D eigenvalue weighted by molar-refractivity contribution is 0.252. The van der Waals surface area contributed by atoms with E-state index in [1.807, 2.05) is 0 Å². The molecule has 1 unspecified atom stereocenters. The van der Waals surface area contributed by atoms with Crippen molar-refractivity contribution in [1.29, 1.82) is 0 Å². The Bertz CT molecular complexity index is 155. The van der Waals surface area contributed by atoms with Crippen molar-refractivity contribution in [3.63, 3.8) is 0 Å². The fraction of sp³-hybridized carbons (Fsp3) is 1.00. The number of hydrogen-bond acceptors (Lipinski definition) is 1. The van der Waals surface area contributed by atoms with Crippen LogP contribution in [0.5, 0.6) is 0 Å². The van der Waals surface area contributed by atoms with Crippen LogP contribution in [0.3, 0.4) is 0 Å². The molecule has 0 saturated heterocycles. The first-order valence-corrected chi connectivity index (χ1v) is 6.31. The largest absolute Gasteiger partial charge is 0.309 e. The van der Waals surface area contributed by atoms with Gasteiger partial charge in [0.25, 0.3) is 0 Å². The molecule has 1 fully saturated rings. The van der Waals surface area contributed by atoms with Crippen LogP contribution in [0.15, 0.2) is 0 Å². The molecular formula is C13H27N. The molecule has 1 aliphatic carbocycles. The molecule has 0 bridgehead atoms. The number of hydrogen-bond donors (Lipinski definition) is 1. The summed E-state index contributed by atoms with van der Waals surface area (Å²) in [6, 6.07) is 0.651. The molecule has 0 radical (unpaired) electrons. The second kappa shape index (κ2) is 5.16. The smallest absolute Gasteiger partial charge is 0.0155 e. The zero-order valence-corrected chi connectivity index (χ0v) is 10.4. The maximum absolute atomic E-state index is 3.83. The Labute approximate surface area is 89.7 Å². The van der Waals surface area contributed by atoms with Crippen LogP contribution in [-0.2, 0) is 0 Å². The summed E-state index contributed by atoms with van der Waals surface area (Å²) in [5, 5.41) is 3.83. The van der Waals surface area contributed by atoms with E-state index < -0.39 is 0 Å². The third-order valence-corrected chi connectivity index (χ3v) is 3.78. The van der Waals surface area contributed by atoms with Gasteiger partial charge in [-0.25, -0.2) is 0 Å². The highest BCUT2D eigenvalue weighted by atomic mass is 15.0. The summed E-state index contributed by atoms with van der Waals surface area (Å²) in [4.78, 5) is 0. The van der Waals surface area contributed by atoms with Crippen molar-refractivity contribution in [2.24, 2.45) is 5.92 Å². The molecule has 1 heteroatoms. The first-order valence-electron chi connectivity index (χ1n) is 6.31. The van der Waals surface area contributed by atoms with Crippen LogP contribution in [-0.4, -0.2) is 11.6 Å². The molecule has 0 aromatic heterocycles. The molecule has 1 atom stereocenters. The quantitative estimate of drug-likeness (QED) is 0.680. The topological polar surface area (TPSA) is 12.0 Å². The third-order valence-electron chi connectivity index (χ3n) is 3.78. The molecule has 1 N–H and O–H groups in total. The predicted molar refractivity (Wildman–Crippen MR) is 63.5 cm³/mol. The lowest BCUT2D eigenvalue weighted by atomic mass is 9.90. The highest BCUT2D eigenvalue weighted by Crippen LogP contribution is 2.27. The van der Waals surface area contributed by atoms with Crippen LogP contribution in [0.4, 0.5) is 0 Å². The third kappa shape index (κ3) is 3.61. The van der Waals surface area contributed by atoms with Crippen LogP contribution < -0.4 is 5.32 Å². The van der Waals surface area contributed by atoms with Crippen LogP contribution in [0.2, 0.25) is 0 Å². The van der Waals surface area contributed by atoms with Gasteiger partial charge in [0.15, 0.2) is 0 Å². The molecule has 0 spiro atoms. The molecule has 1 saturated carbocycles. The highest BCUT2D eigenvalue weighted by molar-refractivity contribution is 4.87. The average molecular weight is 197 g/mol. The van der Waals surface area contributed by atoms with Gasteiger partial charge in [-0.15, -0.1) is 0 Å². The minimum absolute atomic E-state index is 0.417. The maximum Gasteiger partial charge on any atom is 0.0155 e. The molecule has 84 valence electrons. The molecule has 0 aromatic rings. The number of nitrogens with one attached hydrogen (secondary N) is 1. The lowest BCUT2D eigenvalue weighted by Crippen LogP contribution is -2.48. The average Bonchev–Trinajstić information content (AvgIpc) is 2.30. The van der Waals surface area contributed by atoms with Crippen molar-refractivity contribution in [2.75, 3.05) is 0 Å². The van der Waals surface area contributed by atoms with Crippen molar-refractivity contribution in [3.05, 3.63) is 0 Å². The predicted octanol–water partition coefficient (Wildman–Crippen LogP) is 3.73. The zero-order chi connectivity index (χ0) is 10.6. The van der Waals surface area contributed by atoms with E-state index in [0.717, 1.165) is 5.92 Å². The van der Waals surface area contributed by atoms with Gasteiger partial charge >= 0.3 is 0 Å². The standard InChI is InChI=1S/C13H27N/c1-11(2)12(3)14-13(4)9-7-5-6-8-10-13/h11-12,14H,5-10H2,1-4H3. The van der Waals surface area contributed by atoms with Crippen molar-refractivity contribution in [2.45, 2.75) is 77.8 Å². The van der Waals surface area contributed by atoms with Gasteiger partial charge in [0.2, 0.25) is 0 Å². The van der Waals surface area contributed by atoms with Crippen molar-refractivity contribution < 1.29 is 0 Å². The molecule has 0 amide bonds. The molecule has 0 aromatic carbocycles. The van der Waals surface area contributed by atoms with Crippen LogP contribution >= 0.6 is 0 Å². The molecular weight excluding hydrogens is 170 g/mol. The van der Waals surface area contributed by atoms with Crippen molar-refractivity contribution in [3.8, 4) is 0 Å². The molecule has 1 aliphatic rings. The van der Waals surface area contributed by atoms with E-state index in [0.29, 0.717) is 11.6 Å². The maximum atomic E-state index is 3.83. The Kier molecular flexibility index (Phi) is 4.43. The van der Waals surface area contributed by atoms with Gasteiger partial charge in [0.1, 0.15) is 0 Å². The highest BCUT2D eigenvalue weighted by Gasteiger charge is 2.27. The van der Waals surface area contributed by atoms with E-state index in [9.17, 15) is 0 Å². The zero-order valence-electron chi connectivity index (χ0n) is 10.4. The molecule has 0 aliphatic heterocycles. The van der Waals surface area contributed by atoms with Gasteiger partial charge in [-0.2, -0.15) is 0 Å². The SMILES string of the molecule is CC(C)C(C)NC1(C)CCCCCC1. The fourth-order valence-corrected chi connectivity index (χ4v) is 2.37. The summed E-state index contributed by atoms with van der Waals surface area (Å²) < 4.78 is 0. The fourth-order valence-electron chi connectivity index (χ4n) is 2.37.